The summed E-state index contributed by atoms with van der Waals surface area (Å²) in [6.45, 7) is 1.25. The smallest absolute Gasteiger partial charge is 0.254 e. The molecule has 0 spiro atoms. The Hall–Kier alpha value is -2.23. The third-order valence-corrected chi connectivity index (χ3v) is 3.29. The first-order chi connectivity index (χ1) is 9.33. The van der Waals surface area contributed by atoms with Gasteiger partial charge >= 0.3 is 0 Å². The van der Waals surface area contributed by atoms with Gasteiger partial charge in [0, 0.05) is 12.5 Å². The van der Waals surface area contributed by atoms with Gasteiger partial charge in [0.2, 0.25) is 0 Å². The fourth-order valence-corrected chi connectivity index (χ4v) is 2.25. The van der Waals surface area contributed by atoms with E-state index in [9.17, 15) is 4.79 Å². The highest BCUT2D eigenvalue weighted by Crippen LogP contribution is 2.26. The molecule has 1 atom stereocenters. The number of furan rings is 1. The van der Waals surface area contributed by atoms with Crippen molar-refractivity contribution in [2.75, 3.05) is 13.2 Å². The summed E-state index contributed by atoms with van der Waals surface area (Å²) in [4.78, 5) is 11.8. The van der Waals surface area contributed by atoms with Crippen LogP contribution in [0.15, 0.2) is 47.3 Å². The average Bonchev–Trinajstić information content (AvgIpc) is 2.99. The molecule has 3 rings (SSSR count). The van der Waals surface area contributed by atoms with Crippen LogP contribution in [0, 0.1) is 5.92 Å². The van der Waals surface area contributed by atoms with E-state index in [1.165, 1.54) is 18.1 Å². The molecule has 0 saturated carbocycles. The van der Waals surface area contributed by atoms with Gasteiger partial charge in [-0.3, -0.25) is 4.79 Å². The number of amides is 1. The summed E-state index contributed by atoms with van der Waals surface area (Å²) in [6, 6.07) is 9.69. The molecule has 0 aliphatic carbocycles. The Labute approximate surface area is 111 Å². The van der Waals surface area contributed by atoms with Crippen LogP contribution in [0.1, 0.15) is 15.9 Å². The Kier molecular flexibility index (Phi) is 3.23. The molecule has 98 valence electrons. The minimum Gasteiger partial charge on any atom is -0.493 e. The lowest BCUT2D eigenvalue weighted by atomic mass is 9.97. The summed E-state index contributed by atoms with van der Waals surface area (Å²) in [7, 11) is 0. The molecule has 1 aromatic carbocycles. The van der Waals surface area contributed by atoms with E-state index in [0.717, 1.165) is 12.2 Å². The van der Waals surface area contributed by atoms with Crippen molar-refractivity contribution in [1.82, 2.24) is 5.32 Å². The second kappa shape index (κ2) is 5.18. The number of ether oxygens (including phenoxy) is 1. The molecule has 2 heterocycles. The minimum atomic E-state index is -0.104. The standard InChI is InChI=1S/C15H15NO3/c17-15(13-5-6-18-10-13)16-8-11-7-12-3-1-2-4-14(12)19-9-11/h1-6,10-11H,7-9H2,(H,16,17). The summed E-state index contributed by atoms with van der Waals surface area (Å²) in [6.07, 6.45) is 3.87. The SMILES string of the molecule is O=C(NCC1COc2ccccc2C1)c1ccoc1. The fourth-order valence-electron chi connectivity index (χ4n) is 2.25. The van der Waals surface area contributed by atoms with Crippen molar-refractivity contribution in [2.24, 2.45) is 5.92 Å². The normalized spacial score (nSPS) is 17.4. The van der Waals surface area contributed by atoms with E-state index in [0.29, 0.717) is 24.6 Å². The second-order valence-corrected chi connectivity index (χ2v) is 4.71. The van der Waals surface area contributed by atoms with Crippen molar-refractivity contribution < 1.29 is 13.9 Å². The predicted molar refractivity (Wildman–Crippen MR) is 70.2 cm³/mol. The van der Waals surface area contributed by atoms with E-state index in [2.05, 4.69) is 11.4 Å². The molecule has 1 amide bonds. The molecule has 2 aromatic rings. The van der Waals surface area contributed by atoms with E-state index < -0.39 is 0 Å². The summed E-state index contributed by atoms with van der Waals surface area (Å²) in [5.74, 6) is 1.17. The number of carbonyl (C=O) groups is 1. The number of carbonyl (C=O) groups excluding carboxylic acids is 1. The first-order valence-corrected chi connectivity index (χ1v) is 6.34. The zero-order valence-electron chi connectivity index (χ0n) is 10.5. The molecular formula is C15H15NO3. The molecule has 0 saturated heterocycles. The van der Waals surface area contributed by atoms with Crippen LogP contribution in [0.2, 0.25) is 0 Å². The highest BCUT2D eigenvalue weighted by Gasteiger charge is 2.20. The van der Waals surface area contributed by atoms with Crippen LogP contribution in [0.5, 0.6) is 5.75 Å². The van der Waals surface area contributed by atoms with Crippen molar-refractivity contribution in [3.8, 4) is 5.75 Å². The molecule has 0 radical (unpaired) electrons. The van der Waals surface area contributed by atoms with E-state index in [1.807, 2.05) is 18.2 Å². The van der Waals surface area contributed by atoms with E-state index in [1.54, 1.807) is 6.07 Å². The minimum absolute atomic E-state index is 0.104. The van der Waals surface area contributed by atoms with Crippen LogP contribution in [0.3, 0.4) is 0 Å². The lowest BCUT2D eigenvalue weighted by molar-refractivity contribution is 0.0938. The number of nitrogens with one attached hydrogen (secondary N) is 1. The van der Waals surface area contributed by atoms with Crippen LogP contribution in [0.25, 0.3) is 0 Å². The number of fused-ring (bicyclic) bond motifs is 1. The number of para-hydroxylation sites is 1. The number of hydrogen-bond donors (Lipinski definition) is 1. The fraction of sp³-hybridized carbons (Fsp3) is 0.267. The molecule has 1 aliphatic heterocycles. The molecule has 1 unspecified atom stereocenters. The molecule has 1 N–H and O–H groups in total. The van der Waals surface area contributed by atoms with Gasteiger partial charge in [0.05, 0.1) is 18.4 Å². The van der Waals surface area contributed by atoms with E-state index >= 15 is 0 Å². The zero-order chi connectivity index (χ0) is 13.1. The first-order valence-electron chi connectivity index (χ1n) is 6.34. The number of benzene rings is 1. The maximum absolute atomic E-state index is 11.8. The summed E-state index contributed by atoms with van der Waals surface area (Å²) in [5.41, 5.74) is 1.76. The van der Waals surface area contributed by atoms with Crippen LogP contribution >= 0.6 is 0 Å². The topological polar surface area (TPSA) is 51.5 Å². The molecule has 19 heavy (non-hydrogen) atoms. The van der Waals surface area contributed by atoms with E-state index in [4.69, 9.17) is 9.15 Å². The van der Waals surface area contributed by atoms with Gasteiger partial charge in [-0.2, -0.15) is 0 Å². The summed E-state index contributed by atoms with van der Waals surface area (Å²) >= 11 is 0. The van der Waals surface area contributed by atoms with Gasteiger partial charge in [-0.25, -0.2) is 0 Å². The monoisotopic (exact) mass is 257 g/mol. The third-order valence-electron chi connectivity index (χ3n) is 3.29. The highest BCUT2D eigenvalue weighted by atomic mass is 16.5. The summed E-state index contributed by atoms with van der Waals surface area (Å²) < 4.78 is 10.6. The van der Waals surface area contributed by atoms with Crippen molar-refractivity contribution in [1.29, 1.82) is 0 Å². The van der Waals surface area contributed by atoms with Crippen LogP contribution in [-0.4, -0.2) is 19.1 Å². The van der Waals surface area contributed by atoms with Gasteiger partial charge in [0.25, 0.3) is 5.91 Å². The van der Waals surface area contributed by atoms with Gasteiger partial charge in [-0.1, -0.05) is 18.2 Å². The maximum Gasteiger partial charge on any atom is 0.254 e. The Morgan fingerprint density at radius 2 is 2.21 bits per heavy atom. The Balaban J connectivity index is 1.57. The Morgan fingerprint density at radius 3 is 3.05 bits per heavy atom. The number of rotatable bonds is 3. The predicted octanol–water partition coefficient (Wildman–Crippen LogP) is 2.26. The van der Waals surface area contributed by atoms with Gasteiger partial charge in [0.15, 0.2) is 0 Å². The molecular weight excluding hydrogens is 242 g/mol. The maximum atomic E-state index is 11.8. The van der Waals surface area contributed by atoms with Crippen molar-refractivity contribution in [2.45, 2.75) is 6.42 Å². The van der Waals surface area contributed by atoms with Crippen LogP contribution in [0.4, 0.5) is 0 Å². The Morgan fingerprint density at radius 1 is 1.32 bits per heavy atom. The highest BCUT2D eigenvalue weighted by molar-refractivity contribution is 5.93. The van der Waals surface area contributed by atoms with Crippen molar-refractivity contribution in [3.63, 3.8) is 0 Å². The molecule has 1 aliphatic rings. The average molecular weight is 257 g/mol. The second-order valence-electron chi connectivity index (χ2n) is 4.71. The van der Waals surface area contributed by atoms with Gasteiger partial charge < -0.3 is 14.5 Å². The quantitative estimate of drug-likeness (QED) is 0.917. The van der Waals surface area contributed by atoms with E-state index in [-0.39, 0.29) is 5.91 Å². The zero-order valence-corrected chi connectivity index (χ0v) is 10.5. The van der Waals surface area contributed by atoms with Gasteiger partial charge in [-0.05, 0) is 24.1 Å². The van der Waals surface area contributed by atoms with Crippen LogP contribution < -0.4 is 10.1 Å². The van der Waals surface area contributed by atoms with Gasteiger partial charge in [0.1, 0.15) is 12.0 Å². The molecule has 1 aromatic heterocycles. The van der Waals surface area contributed by atoms with Crippen LogP contribution in [-0.2, 0) is 6.42 Å². The van der Waals surface area contributed by atoms with Crippen molar-refractivity contribution in [3.05, 3.63) is 54.0 Å². The molecule has 0 bridgehead atoms. The Bertz CT molecular complexity index is 563. The number of hydrogen-bond acceptors (Lipinski definition) is 3. The molecule has 4 nitrogen and oxygen atoms in total. The lowest BCUT2D eigenvalue weighted by Gasteiger charge is -2.25. The van der Waals surface area contributed by atoms with Gasteiger partial charge in [-0.15, -0.1) is 0 Å². The third kappa shape index (κ3) is 2.62. The lowest BCUT2D eigenvalue weighted by Crippen LogP contribution is -2.34. The van der Waals surface area contributed by atoms with Crippen molar-refractivity contribution >= 4 is 5.91 Å². The molecule has 4 heteroatoms. The first kappa shape index (κ1) is 11.8. The largest absolute Gasteiger partial charge is 0.493 e. The molecule has 0 fully saturated rings. The summed E-state index contributed by atoms with van der Waals surface area (Å²) in [5, 5.41) is 2.91.